The van der Waals surface area contributed by atoms with Gasteiger partial charge in [-0.3, -0.25) is 10.2 Å². The molecule has 0 bridgehead atoms. The van der Waals surface area contributed by atoms with Crippen molar-refractivity contribution in [2.24, 2.45) is 5.92 Å². The highest BCUT2D eigenvalue weighted by Gasteiger charge is 2.24. The number of hydrogen-bond acceptors (Lipinski definition) is 3. The van der Waals surface area contributed by atoms with Crippen molar-refractivity contribution in [3.8, 4) is 0 Å². The predicted octanol–water partition coefficient (Wildman–Crippen LogP) is 1.16. The van der Waals surface area contributed by atoms with E-state index in [0.717, 1.165) is 26.1 Å². The normalized spacial score (nSPS) is 25.0. The van der Waals surface area contributed by atoms with Crippen molar-refractivity contribution in [3.05, 3.63) is 11.6 Å². The maximum atomic E-state index is 9.69. The van der Waals surface area contributed by atoms with Crippen LogP contribution in [-0.4, -0.2) is 36.0 Å². The molecule has 1 aliphatic rings. The third-order valence-electron chi connectivity index (χ3n) is 2.56. The molecule has 2 atom stereocenters. The zero-order valence-corrected chi connectivity index (χ0v) is 9.45. The van der Waals surface area contributed by atoms with Gasteiger partial charge in [0, 0.05) is 13.1 Å². The van der Waals surface area contributed by atoms with E-state index in [0.29, 0.717) is 5.92 Å². The van der Waals surface area contributed by atoms with E-state index in [1.54, 1.807) is 0 Å². The van der Waals surface area contributed by atoms with Crippen molar-refractivity contribution in [1.82, 2.24) is 10.2 Å². The van der Waals surface area contributed by atoms with Gasteiger partial charge in [0.2, 0.25) is 0 Å². The lowest BCUT2D eigenvalue weighted by molar-refractivity contribution is -0.00697. The highest BCUT2D eigenvalue weighted by molar-refractivity contribution is 5.00. The third kappa shape index (κ3) is 3.40. The molecule has 2 N–H and O–H groups in total. The molecule has 2 unspecified atom stereocenters. The van der Waals surface area contributed by atoms with Crippen molar-refractivity contribution in [1.29, 1.82) is 0 Å². The number of allylic oxidation sites excluding steroid dienone is 1. The van der Waals surface area contributed by atoms with Gasteiger partial charge in [-0.25, -0.2) is 0 Å². The van der Waals surface area contributed by atoms with Crippen LogP contribution in [0.1, 0.15) is 27.2 Å². The van der Waals surface area contributed by atoms with Gasteiger partial charge in [0.05, 0.1) is 0 Å². The maximum Gasteiger partial charge on any atom is 0.163 e. The molecule has 1 fully saturated rings. The minimum absolute atomic E-state index is 0.462. The smallest absolute Gasteiger partial charge is 0.163 e. The second-order valence-electron chi connectivity index (χ2n) is 4.22. The summed E-state index contributed by atoms with van der Waals surface area (Å²) in [6, 6.07) is 0. The molecule has 0 saturated carbocycles. The Balaban J connectivity index is 2.37. The number of rotatable bonds is 4. The van der Waals surface area contributed by atoms with Gasteiger partial charge in [-0.2, -0.15) is 0 Å². The van der Waals surface area contributed by atoms with Crippen molar-refractivity contribution in [2.75, 3.05) is 19.6 Å². The van der Waals surface area contributed by atoms with Crippen molar-refractivity contribution >= 4 is 0 Å². The van der Waals surface area contributed by atoms with E-state index in [4.69, 9.17) is 0 Å². The van der Waals surface area contributed by atoms with E-state index in [9.17, 15) is 5.11 Å². The van der Waals surface area contributed by atoms with Crippen LogP contribution in [0.2, 0.25) is 0 Å². The highest BCUT2D eigenvalue weighted by atomic mass is 16.3. The molecule has 1 saturated heterocycles. The van der Waals surface area contributed by atoms with Crippen molar-refractivity contribution in [3.63, 3.8) is 0 Å². The largest absolute Gasteiger partial charge is 0.365 e. The van der Waals surface area contributed by atoms with E-state index >= 15 is 0 Å². The van der Waals surface area contributed by atoms with Crippen LogP contribution in [0.15, 0.2) is 11.6 Å². The molecule has 3 nitrogen and oxygen atoms in total. The van der Waals surface area contributed by atoms with E-state index in [1.807, 2.05) is 6.92 Å². The second kappa shape index (κ2) is 5.49. The topological polar surface area (TPSA) is 35.5 Å². The summed E-state index contributed by atoms with van der Waals surface area (Å²) in [6.45, 7) is 9.03. The van der Waals surface area contributed by atoms with Gasteiger partial charge in [-0.05, 0) is 32.7 Å². The fourth-order valence-corrected chi connectivity index (χ4v) is 1.96. The van der Waals surface area contributed by atoms with E-state index in [-0.39, 0.29) is 0 Å². The summed E-state index contributed by atoms with van der Waals surface area (Å²) in [5, 5.41) is 12.7. The number of nitrogens with one attached hydrogen (secondary N) is 1. The molecular weight excluding hydrogens is 176 g/mol. The van der Waals surface area contributed by atoms with Crippen LogP contribution in [0.3, 0.4) is 0 Å². The van der Waals surface area contributed by atoms with Gasteiger partial charge in [-0.15, -0.1) is 0 Å². The summed E-state index contributed by atoms with van der Waals surface area (Å²) in [5.74, 6) is 0.619. The Kier molecular flexibility index (Phi) is 4.58. The lowest BCUT2D eigenvalue weighted by Gasteiger charge is -2.22. The quantitative estimate of drug-likeness (QED) is 0.525. The fraction of sp³-hybridized carbons (Fsp3) is 0.818. The number of nitrogens with zero attached hydrogens (tertiary/aromatic N) is 1. The average molecular weight is 198 g/mol. The Morgan fingerprint density at radius 1 is 1.64 bits per heavy atom. The molecule has 1 aliphatic heterocycles. The van der Waals surface area contributed by atoms with Crippen molar-refractivity contribution < 1.29 is 5.11 Å². The van der Waals surface area contributed by atoms with Crippen LogP contribution >= 0.6 is 0 Å². The minimum atomic E-state index is -0.462. The number of hydrogen-bond donors (Lipinski definition) is 2. The highest BCUT2D eigenvalue weighted by Crippen LogP contribution is 2.19. The lowest BCUT2D eigenvalue weighted by Crippen LogP contribution is -2.44. The van der Waals surface area contributed by atoms with Crippen molar-refractivity contribution in [2.45, 2.75) is 33.5 Å². The molecule has 0 radical (unpaired) electrons. The van der Waals surface area contributed by atoms with Gasteiger partial charge in [0.15, 0.2) is 6.35 Å². The van der Waals surface area contributed by atoms with E-state index in [2.05, 4.69) is 30.1 Å². The number of aliphatic hydroxyl groups excluding tert-OH is 1. The Morgan fingerprint density at radius 2 is 2.36 bits per heavy atom. The Labute approximate surface area is 86.8 Å². The van der Waals surface area contributed by atoms with E-state index < -0.39 is 6.35 Å². The zero-order chi connectivity index (χ0) is 10.6. The SMILES string of the molecule is CCNC(O)N1CCC(C=C(C)C)C1. The number of aliphatic hydroxyl groups is 1. The van der Waals surface area contributed by atoms with E-state index in [1.165, 1.54) is 5.57 Å². The van der Waals surface area contributed by atoms with Crippen LogP contribution in [-0.2, 0) is 0 Å². The summed E-state index contributed by atoms with van der Waals surface area (Å²) in [5.41, 5.74) is 1.37. The Hall–Kier alpha value is -0.380. The minimum Gasteiger partial charge on any atom is -0.365 e. The first kappa shape index (κ1) is 11.7. The molecule has 1 heterocycles. The average Bonchev–Trinajstić information content (AvgIpc) is 2.52. The number of likely N-dealkylation sites (tertiary alicyclic amines) is 1. The molecule has 0 amide bonds. The van der Waals surface area contributed by atoms with Gasteiger partial charge in [-0.1, -0.05) is 18.6 Å². The van der Waals surface area contributed by atoms with Gasteiger partial charge in [0.25, 0.3) is 0 Å². The fourth-order valence-electron chi connectivity index (χ4n) is 1.96. The maximum absolute atomic E-state index is 9.69. The molecule has 82 valence electrons. The first-order valence-corrected chi connectivity index (χ1v) is 5.44. The summed E-state index contributed by atoms with van der Waals surface area (Å²) in [6.07, 6.45) is 3.00. The summed E-state index contributed by atoms with van der Waals surface area (Å²) in [7, 11) is 0. The molecule has 0 aromatic rings. The molecule has 3 heteroatoms. The first-order valence-electron chi connectivity index (χ1n) is 5.44. The standard InChI is InChI=1S/C11H22N2O/c1-4-12-11(14)13-6-5-10(8-13)7-9(2)3/h7,10-12,14H,4-6,8H2,1-3H3. The monoisotopic (exact) mass is 198 g/mol. The molecular formula is C11H22N2O. The van der Waals surface area contributed by atoms with Gasteiger partial charge in [0.1, 0.15) is 0 Å². The summed E-state index contributed by atoms with van der Waals surface area (Å²) in [4.78, 5) is 2.09. The Bertz CT molecular complexity index is 199. The second-order valence-corrected chi connectivity index (χ2v) is 4.22. The van der Waals surface area contributed by atoms with Gasteiger partial charge >= 0.3 is 0 Å². The molecule has 0 aromatic heterocycles. The summed E-state index contributed by atoms with van der Waals surface area (Å²) >= 11 is 0. The van der Waals surface area contributed by atoms with Crippen LogP contribution in [0.5, 0.6) is 0 Å². The summed E-state index contributed by atoms with van der Waals surface area (Å²) < 4.78 is 0. The molecule has 0 aliphatic carbocycles. The molecule has 0 aromatic carbocycles. The van der Waals surface area contributed by atoms with Gasteiger partial charge < -0.3 is 5.11 Å². The Morgan fingerprint density at radius 3 is 2.93 bits per heavy atom. The predicted molar refractivity (Wildman–Crippen MR) is 58.8 cm³/mol. The van der Waals surface area contributed by atoms with Crippen LogP contribution in [0.4, 0.5) is 0 Å². The third-order valence-corrected chi connectivity index (χ3v) is 2.56. The van der Waals surface area contributed by atoms with Crippen LogP contribution in [0, 0.1) is 5.92 Å². The van der Waals surface area contributed by atoms with Crippen LogP contribution in [0.25, 0.3) is 0 Å². The zero-order valence-electron chi connectivity index (χ0n) is 9.45. The molecule has 0 spiro atoms. The molecule has 1 rings (SSSR count). The lowest BCUT2D eigenvalue weighted by atomic mass is 10.1. The molecule has 14 heavy (non-hydrogen) atoms. The first-order chi connectivity index (χ1) is 6.63. The van der Waals surface area contributed by atoms with Crippen LogP contribution < -0.4 is 5.32 Å².